The molecule has 2 aliphatic rings. The van der Waals surface area contributed by atoms with E-state index in [-0.39, 0.29) is 5.91 Å². The number of amides is 1. The van der Waals surface area contributed by atoms with E-state index in [1.165, 1.54) is 18.4 Å². The summed E-state index contributed by atoms with van der Waals surface area (Å²) in [4.78, 5) is 20.6. The van der Waals surface area contributed by atoms with E-state index in [1.807, 2.05) is 17.0 Å². The fourth-order valence-corrected chi connectivity index (χ4v) is 3.69. The number of nitrogens with zero attached hydrogens (tertiary/aromatic N) is 3. The fourth-order valence-electron chi connectivity index (χ4n) is 3.69. The molecule has 2 fully saturated rings. The third-order valence-electron chi connectivity index (χ3n) is 5.35. The second-order valence-corrected chi connectivity index (χ2v) is 7.73. The molecule has 0 aromatic heterocycles. The first kappa shape index (κ1) is 19.7. The number of hydrogen-bond donors (Lipinski definition) is 2. The van der Waals surface area contributed by atoms with Crippen molar-refractivity contribution in [3.63, 3.8) is 0 Å². The van der Waals surface area contributed by atoms with Crippen LogP contribution in [0.3, 0.4) is 0 Å². The fraction of sp³-hybridized carbons (Fsp3) is 0.619. The second kappa shape index (κ2) is 9.22. The monoisotopic (exact) mass is 371 g/mol. The van der Waals surface area contributed by atoms with Crippen molar-refractivity contribution in [2.24, 2.45) is 4.99 Å². The summed E-state index contributed by atoms with van der Waals surface area (Å²) in [7, 11) is 1.80. The Labute approximate surface area is 163 Å². The van der Waals surface area contributed by atoms with Gasteiger partial charge in [0.15, 0.2) is 5.96 Å². The standard InChI is InChI=1S/C21H33N5O/c1-16(2)25(18-10-11-18)14-12-23-21(22-3)24-15-17-6-8-19(9-7-17)26-13-4-5-20(26)27/h6-9,16,18H,4-5,10-15H2,1-3H3,(H2,22,23,24). The molecule has 27 heavy (non-hydrogen) atoms. The van der Waals surface area contributed by atoms with Gasteiger partial charge in [0, 0.05) is 57.4 Å². The van der Waals surface area contributed by atoms with Crippen molar-refractivity contribution in [1.29, 1.82) is 0 Å². The maximum Gasteiger partial charge on any atom is 0.227 e. The number of aliphatic imine (C=N–C) groups is 1. The molecule has 0 radical (unpaired) electrons. The Kier molecular flexibility index (Phi) is 6.72. The Hall–Kier alpha value is -2.08. The number of carbonyl (C=O) groups excluding carboxylic acids is 1. The minimum absolute atomic E-state index is 0.229. The molecule has 1 heterocycles. The van der Waals surface area contributed by atoms with Crippen molar-refractivity contribution in [1.82, 2.24) is 15.5 Å². The summed E-state index contributed by atoms with van der Waals surface area (Å²) >= 11 is 0. The first-order valence-corrected chi connectivity index (χ1v) is 10.2. The summed E-state index contributed by atoms with van der Waals surface area (Å²) in [6.45, 7) is 8.02. The summed E-state index contributed by atoms with van der Waals surface area (Å²) in [6.07, 6.45) is 4.30. The Balaban J connectivity index is 1.43. The molecule has 148 valence electrons. The number of nitrogens with one attached hydrogen (secondary N) is 2. The van der Waals surface area contributed by atoms with Crippen LogP contribution in [0.25, 0.3) is 0 Å². The van der Waals surface area contributed by atoms with E-state index in [4.69, 9.17) is 0 Å². The summed E-state index contributed by atoms with van der Waals surface area (Å²) in [5, 5.41) is 6.79. The van der Waals surface area contributed by atoms with Gasteiger partial charge in [-0.05, 0) is 50.8 Å². The Bertz CT molecular complexity index is 649. The van der Waals surface area contributed by atoms with Gasteiger partial charge in [-0.3, -0.25) is 14.7 Å². The van der Waals surface area contributed by atoms with Crippen LogP contribution in [0.5, 0.6) is 0 Å². The van der Waals surface area contributed by atoms with Crippen LogP contribution in [0.15, 0.2) is 29.3 Å². The van der Waals surface area contributed by atoms with Crippen molar-refractivity contribution in [2.75, 3.05) is 31.6 Å². The number of benzene rings is 1. The highest BCUT2D eigenvalue weighted by Gasteiger charge is 2.30. The minimum atomic E-state index is 0.229. The number of guanidine groups is 1. The number of hydrogen-bond acceptors (Lipinski definition) is 3. The van der Waals surface area contributed by atoms with Gasteiger partial charge >= 0.3 is 0 Å². The van der Waals surface area contributed by atoms with E-state index < -0.39 is 0 Å². The van der Waals surface area contributed by atoms with Crippen LogP contribution >= 0.6 is 0 Å². The molecule has 1 saturated carbocycles. The normalized spacial score (nSPS) is 17.9. The molecule has 1 aliphatic heterocycles. The van der Waals surface area contributed by atoms with Crippen LogP contribution < -0.4 is 15.5 Å². The van der Waals surface area contributed by atoms with Gasteiger partial charge in [-0.2, -0.15) is 0 Å². The van der Waals surface area contributed by atoms with Crippen LogP contribution in [0.4, 0.5) is 5.69 Å². The molecule has 1 aromatic carbocycles. The first-order chi connectivity index (χ1) is 13.1. The number of anilines is 1. The van der Waals surface area contributed by atoms with E-state index in [1.54, 1.807) is 7.05 Å². The van der Waals surface area contributed by atoms with E-state index in [0.29, 0.717) is 19.0 Å². The lowest BCUT2D eigenvalue weighted by molar-refractivity contribution is -0.117. The molecule has 6 nitrogen and oxygen atoms in total. The van der Waals surface area contributed by atoms with Gasteiger partial charge in [0.25, 0.3) is 0 Å². The summed E-state index contributed by atoms with van der Waals surface area (Å²) in [5.41, 5.74) is 2.17. The van der Waals surface area contributed by atoms with Gasteiger partial charge in [-0.1, -0.05) is 12.1 Å². The molecule has 0 atom stereocenters. The van der Waals surface area contributed by atoms with Crippen LogP contribution in [0, 0.1) is 0 Å². The van der Waals surface area contributed by atoms with E-state index in [2.05, 4.69) is 46.5 Å². The average Bonchev–Trinajstić information content (AvgIpc) is 3.41. The van der Waals surface area contributed by atoms with E-state index in [9.17, 15) is 4.79 Å². The van der Waals surface area contributed by atoms with Gasteiger partial charge in [-0.25, -0.2) is 0 Å². The molecule has 6 heteroatoms. The molecule has 0 bridgehead atoms. The Morgan fingerprint density at radius 1 is 1.26 bits per heavy atom. The highest BCUT2D eigenvalue weighted by Crippen LogP contribution is 2.28. The van der Waals surface area contributed by atoms with Crippen LogP contribution in [0.2, 0.25) is 0 Å². The lowest BCUT2D eigenvalue weighted by Crippen LogP contribution is -2.43. The van der Waals surface area contributed by atoms with Crippen molar-refractivity contribution >= 4 is 17.6 Å². The predicted molar refractivity (Wildman–Crippen MR) is 111 cm³/mol. The SMILES string of the molecule is CN=C(NCCN(C(C)C)C1CC1)NCc1ccc(N2CCCC2=O)cc1. The molecule has 2 N–H and O–H groups in total. The predicted octanol–water partition coefficient (Wildman–Crippen LogP) is 2.35. The quantitative estimate of drug-likeness (QED) is 0.544. The number of rotatable bonds is 8. The average molecular weight is 372 g/mol. The highest BCUT2D eigenvalue weighted by molar-refractivity contribution is 5.95. The largest absolute Gasteiger partial charge is 0.355 e. The topological polar surface area (TPSA) is 60.0 Å². The van der Waals surface area contributed by atoms with Crippen LogP contribution in [-0.2, 0) is 11.3 Å². The van der Waals surface area contributed by atoms with Gasteiger partial charge in [-0.15, -0.1) is 0 Å². The lowest BCUT2D eigenvalue weighted by Gasteiger charge is -2.26. The molecule has 1 saturated heterocycles. The zero-order valence-electron chi connectivity index (χ0n) is 16.9. The third-order valence-corrected chi connectivity index (χ3v) is 5.35. The third kappa shape index (κ3) is 5.45. The second-order valence-electron chi connectivity index (χ2n) is 7.73. The highest BCUT2D eigenvalue weighted by atomic mass is 16.2. The zero-order valence-corrected chi connectivity index (χ0v) is 16.9. The maximum atomic E-state index is 11.8. The van der Waals surface area contributed by atoms with E-state index in [0.717, 1.165) is 43.7 Å². The summed E-state index contributed by atoms with van der Waals surface area (Å²) < 4.78 is 0. The molecule has 3 rings (SSSR count). The molecular weight excluding hydrogens is 338 g/mol. The minimum Gasteiger partial charge on any atom is -0.355 e. The first-order valence-electron chi connectivity index (χ1n) is 10.2. The Morgan fingerprint density at radius 3 is 2.56 bits per heavy atom. The summed E-state index contributed by atoms with van der Waals surface area (Å²) in [6, 6.07) is 9.60. The lowest BCUT2D eigenvalue weighted by atomic mass is 10.2. The number of carbonyl (C=O) groups is 1. The van der Waals surface area contributed by atoms with Crippen molar-refractivity contribution in [3.05, 3.63) is 29.8 Å². The van der Waals surface area contributed by atoms with Crippen molar-refractivity contribution < 1.29 is 4.79 Å². The molecule has 1 aromatic rings. The van der Waals surface area contributed by atoms with Gasteiger partial charge in [0.05, 0.1) is 0 Å². The molecular formula is C21H33N5O. The Morgan fingerprint density at radius 2 is 2.00 bits per heavy atom. The molecule has 1 aliphatic carbocycles. The molecule has 1 amide bonds. The summed E-state index contributed by atoms with van der Waals surface area (Å²) in [5.74, 6) is 1.06. The molecule has 0 unspecified atom stereocenters. The van der Waals surface area contributed by atoms with Crippen LogP contribution in [-0.4, -0.2) is 55.5 Å². The zero-order chi connectivity index (χ0) is 19.2. The van der Waals surface area contributed by atoms with Crippen LogP contribution in [0.1, 0.15) is 45.1 Å². The van der Waals surface area contributed by atoms with Gasteiger partial charge in [0.1, 0.15) is 0 Å². The van der Waals surface area contributed by atoms with Gasteiger partial charge < -0.3 is 15.5 Å². The van der Waals surface area contributed by atoms with Crippen molar-refractivity contribution in [3.8, 4) is 0 Å². The molecule has 0 spiro atoms. The van der Waals surface area contributed by atoms with Crippen molar-refractivity contribution in [2.45, 2.75) is 58.2 Å². The van der Waals surface area contributed by atoms with Gasteiger partial charge in [0.2, 0.25) is 5.91 Å². The van der Waals surface area contributed by atoms with E-state index >= 15 is 0 Å². The maximum absolute atomic E-state index is 11.8. The smallest absolute Gasteiger partial charge is 0.227 e.